The van der Waals surface area contributed by atoms with Gasteiger partial charge in [-0.2, -0.15) is 5.10 Å². The number of halogens is 1. The number of phenols is 1. The topological polar surface area (TPSA) is 73.9 Å². The average molecular weight is 251 g/mol. The van der Waals surface area contributed by atoms with Crippen molar-refractivity contribution in [1.29, 1.82) is 5.41 Å². The molecule has 0 aliphatic carbocycles. The molecule has 0 saturated heterocycles. The van der Waals surface area contributed by atoms with Crippen LogP contribution in [-0.2, 0) is 7.05 Å². The number of anilines is 2. The maximum atomic E-state index is 9.54. The SMILES string of the molecule is Cn1cc(Nc2cc(O)c(Cl)cc2C=N)cn1. The van der Waals surface area contributed by atoms with E-state index in [9.17, 15) is 5.11 Å². The third kappa shape index (κ3) is 2.39. The monoisotopic (exact) mass is 250 g/mol. The lowest BCUT2D eigenvalue weighted by Gasteiger charge is -2.09. The highest BCUT2D eigenvalue weighted by molar-refractivity contribution is 6.32. The van der Waals surface area contributed by atoms with Gasteiger partial charge in [-0.05, 0) is 6.07 Å². The lowest BCUT2D eigenvalue weighted by molar-refractivity contribution is 0.476. The molecule has 0 fully saturated rings. The predicted octanol–water partition coefficient (Wildman–Crippen LogP) is 2.52. The normalized spacial score (nSPS) is 10.2. The Morgan fingerprint density at radius 2 is 2.29 bits per heavy atom. The molecule has 0 amide bonds. The minimum absolute atomic E-state index is 0.0244. The third-order valence-electron chi connectivity index (χ3n) is 2.26. The van der Waals surface area contributed by atoms with Crippen LogP contribution in [0.4, 0.5) is 11.4 Å². The van der Waals surface area contributed by atoms with Crippen molar-refractivity contribution < 1.29 is 5.11 Å². The molecule has 5 nitrogen and oxygen atoms in total. The second-order valence-corrected chi connectivity index (χ2v) is 3.97. The van der Waals surface area contributed by atoms with Gasteiger partial charge >= 0.3 is 0 Å². The largest absolute Gasteiger partial charge is 0.506 e. The fraction of sp³-hybridized carbons (Fsp3) is 0.0909. The number of aromatic hydroxyl groups is 1. The first-order valence-corrected chi connectivity index (χ1v) is 5.26. The number of hydrogen-bond acceptors (Lipinski definition) is 4. The van der Waals surface area contributed by atoms with Crippen LogP contribution in [0.3, 0.4) is 0 Å². The first-order valence-electron chi connectivity index (χ1n) is 4.89. The number of hydrogen-bond donors (Lipinski definition) is 3. The number of rotatable bonds is 3. The van der Waals surface area contributed by atoms with Crippen LogP contribution in [-0.4, -0.2) is 21.1 Å². The van der Waals surface area contributed by atoms with Crippen molar-refractivity contribution in [1.82, 2.24) is 9.78 Å². The second kappa shape index (κ2) is 4.47. The van der Waals surface area contributed by atoms with E-state index in [1.807, 2.05) is 7.05 Å². The maximum absolute atomic E-state index is 9.54. The first-order chi connectivity index (χ1) is 8.10. The summed E-state index contributed by atoms with van der Waals surface area (Å²) in [6.45, 7) is 0. The average Bonchev–Trinajstić information content (AvgIpc) is 2.69. The highest BCUT2D eigenvalue weighted by atomic mass is 35.5. The molecule has 1 aromatic heterocycles. The van der Waals surface area contributed by atoms with Gasteiger partial charge in [0.1, 0.15) is 5.75 Å². The molecule has 1 aromatic carbocycles. The van der Waals surface area contributed by atoms with Crippen molar-refractivity contribution >= 4 is 29.2 Å². The quantitative estimate of drug-likeness (QED) is 0.733. The lowest BCUT2D eigenvalue weighted by Crippen LogP contribution is -1.94. The van der Waals surface area contributed by atoms with Gasteiger partial charge in [-0.1, -0.05) is 11.6 Å². The highest BCUT2D eigenvalue weighted by Gasteiger charge is 2.07. The van der Waals surface area contributed by atoms with Crippen LogP contribution in [0, 0.1) is 5.41 Å². The van der Waals surface area contributed by atoms with Gasteiger partial charge in [0.15, 0.2) is 0 Å². The summed E-state index contributed by atoms with van der Waals surface area (Å²) in [5.74, 6) is -0.0244. The summed E-state index contributed by atoms with van der Waals surface area (Å²) in [6.07, 6.45) is 4.61. The number of aryl methyl sites for hydroxylation is 1. The van der Waals surface area contributed by atoms with Crippen molar-refractivity contribution in [3.8, 4) is 5.75 Å². The van der Waals surface area contributed by atoms with E-state index in [-0.39, 0.29) is 10.8 Å². The Labute approximate surface area is 103 Å². The Bertz CT molecular complexity index is 565. The van der Waals surface area contributed by atoms with Crippen molar-refractivity contribution in [2.75, 3.05) is 5.32 Å². The smallest absolute Gasteiger partial charge is 0.136 e. The molecule has 88 valence electrons. The zero-order valence-corrected chi connectivity index (χ0v) is 9.86. The van der Waals surface area contributed by atoms with Crippen LogP contribution in [0.25, 0.3) is 0 Å². The van der Waals surface area contributed by atoms with E-state index in [0.717, 1.165) is 5.69 Å². The van der Waals surface area contributed by atoms with Crippen molar-refractivity contribution in [3.05, 3.63) is 35.1 Å². The second-order valence-electron chi connectivity index (χ2n) is 3.56. The summed E-state index contributed by atoms with van der Waals surface area (Å²) in [5, 5.41) is 24.1. The molecular weight excluding hydrogens is 240 g/mol. The minimum Gasteiger partial charge on any atom is -0.506 e. The van der Waals surface area contributed by atoms with Crippen LogP contribution in [0.15, 0.2) is 24.5 Å². The molecule has 0 radical (unpaired) electrons. The van der Waals surface area contributed by atoms with Crippen LogP contribution >= 0.6 is 11.6 Å². The molecule has 0 saturated carbocycles. The molecule has 0 spiro atoms. The molecule has 3 N–H and O–H groups in total. The van der Waals surface area contributed by atoms with Gasteiger partial charge in [-0.15, -0.1) is 0 Å². The van der Waals surface area contributed by atoms with E-state index in [0.29, 0.717) is 11.3 Å². The standard InChI is InChI=1S/C11H11ClN4O/c1-16-6-8(5-14-16)15-10-3-11(17)9(12)2-7(10)4-13/h2-6,13,15,17H,1H3. The van der Waals surface area contributed by atoms with Gasteiger partial charge < -0.3 is 15.8 Å². The van der Waals surface area contributed by atoms with Crippen LogP contribution in [0.5, 0.6) is 5.75 Å². The van der Waals surface area contributed by atoms with Crippen LogP contribution in [0.1, 0.15) is 5.56 Å². The Kier molecular flexibility index (Phi) is 3.01. The van der Waals surface area contributed by atoms with Gasteiger partial charge in [0.25, 0.3) is 0 Å². The number of phenolic OH excluding ortho intramolecular Hbond substituents is 1. The summed E-state index contributed by atoms with van der Waals surface area (Å²) in [5.41, 5.74) is 1.98. The maximum Gasteiger partial charge on any atom is 0.136 e. The summed E-state index contributed by atoms with van der Waals surface area (Å²) in [7, 11) is 1.81. The zero-order chi connectivity index (χ0) is 12.4. The van der Waals surface area contributed by atoms with E-state index in [4.69, 9.17) is 17.0 Å². The molecule has 1 heterocycles. The van der Waals surface area contributed by atoms with Gasteiger partial charge in [-0.25, -0.2) is 0 Å². The minimum atomic E-state index is -0.0244. The van der Waals surface area contributed by atoms with Gasteiger partial charge in [0, 0.05) is 31.1 Å². The van der Waals surface area contributed by atoms with Gasteiger partial charge in [0.05, 0.1) is 22.6 Å². The molecule has 0 atom stereocenters. The van der Waals surface area contributed by atoms with E-state index < -0.39 is 0 Å². The van der Waals surface area contributed by atoms with E-state index in [1.165, 1.54) is 18.3 Å². The summed E-state index contributed by atoms with van der Waals surface area (Å²) in [4.78, 5) is 0. The van der Waals surface area contributed by atoms with E-state index in [1.54, 1.807) is 17.1 Å². The number of aromatic nitrogens is 2. The number of benzene rings is 1. The van der Waals surface area contributed by atoms with Gasteiger partial charge in [0.2, 0.25) is 0 Å². The molecule has 2 aromatic rings. The Morgan fingerprint density at radius 1 is 1.53 bits per heavy atom. The first kappa shape index (κ1) is 11.5. The highest BCUT2D eigenvalue weighted by Crippen LogP contribution is 2.30. The fourth-order valence-corrected chi connectivity index (χ4v) is 1.62. The molecule has 0 bridgehead atoms. The van der Waals surface area contributed by atoms with Crippen LogP contribution < -0.4 is 5.32 Å². The summed E-state index contributed by atoms with van der Waals surface area (Å²) in [6, 6.07) is 3.01. The lowest BCUT2D eigenvalue weighted by atomic mass is 10.2. The Balaban J connectivity index is 2.37. The molecule has 17 heavy (non-hydrogen) atoms. The number of nitrogens with zero attached hydrogens (tertiary/aromatic N) is 2. The third-order valence-corrected chi connectivity index (χ3v) is 2.56. The molecule has 0 aliphatic rings. The number of nitrogens with one attached hydrogen (secondary N) is 2. The van der Waals surface area contributed by atoms with E-state index >= 15 is 0 Å². The van der Waals surface area contributed by atoms with Crippen molar-refractivity contribution in [2.45, 2.75) is 0 Å². The van der Waals surface area contributed by atoms with Crippen molar-refractivity contribution in [3.63, 3.8) is 0 Å². The Hall–Kier alpha value is -2.01. The molecule has 0 aliphatic heterocycles. The predicted molar refractivity (Wildman–Crippen MR) is 67.5 cm³/mol. The summed E-state index contributed by atoms with van der Waals surface area (Å²) < 4.78 is 1.65. The Morgan fingerprint density at radius 3 is 2.88 bits per heavy atom. The van der Waals surface area contributed by atoms with Crippen molar-refractivity contribution in [2.24, 2.45) is 7.05 Å². The van der Waals surface area contributed by atoms with Gasteiger partial charge in [-0.3, -0.25) is 4.68 Å². The molecule has 6 heteroatoms. The van der Waals surface area contributed by atoms with Crippen LogP contribution in [0.2, 0.25) is 5.02 Å². The molecule has 2 rings (SSSR count). The molecule has 0 unspecified atom stereocenters. The fourth-order valence-electron chi connectivity index (χ4n) is 1.45. The molecular formula is C11H11ClN4O. The summed E-state index contributed by atoms with van der Waals surface area (Å²) >= 11 is 5.77. The zero-order valence-electron chi connectivity index (χ0n) is 9.11. The van der Waals surface area contributed by atoms with E-state index in [2.05, 4.69) is 10.4 Å².